The number of rotatable bonds is 25. The fourth-order valence-electron chi connectivity index (χ4n) is 6.44. The fourth-order valence-corrected chi connectivity index (χ4v) is 10.9. The highest BCUT2D eigenvalue weighted by atomic mass is 28.4. The number of halogens is 17. The molecule has 0 aliphatic carbocycles. The van der Waals surface area contributed by atoms with E-state index in [1.54, 1.807) is 19.1 Å². The minimum atomic E-state index is -8.71. The number of benzene rings is 2. The Morgan fingerprint density at radius 1 is 0.672 bits per heavy atom. The number of hydrogen-bond acceptors (Lipinski definition) is 7. The van der Waals surface area contributed by atoms with Crippen molar-refractivity contribution >= 4 is 26.1 Å². The molecule has 1 amide bonds. The first-order chi connectivity index (χ1) is 30.5. The molecule has 2 atom stereocenters. The van der Waals surface area contributed by atoms with Crippen LogP contribution in [0.3, 0.4) is 0 Å². The monoisotopic (exact) mass is 1020 g/mol. The van der Waals surface area contributed by atoms with Crippen LogP contribution in [0.25, 0.3) is 0 Å². The zero-order valence-electron chi connectivity index (χ0n) is 36.2. The van der Waals surface area contributed by atoms with Crippen LogP contribution >= 0.6 is 0 Å². The Bertz CT molecular complexity index is 1970. The Morgan fingerprint density at radius 2 is 1.15 bits per heavy atom. The molecule has 0 saturated heterocycles. The molecule has 67 heavy (non-hydrogen) atoms. The first-order valence-electron chi connectivity index (χ1n) is 19.6. The average molecular weight is 1020 g/mol. The maximum absolute atomic E-state index is 15.0. The van der Waals surface area contributed by atoms with Crippen LogP contribution in [0.4, 0.5) is 85.1 Å². The van der Waals surface area contributed by atoms with Crippen LogP contribution in [0, 0.1) is 5.92 Å². The molecular formula is C41H46F17NO7Si. The summed E-state index contributed by atoms with van der Waals surface area (Å²) in [5, 5.41) is 2.54. The number of hydrogen-bond donors (Lipinski definition) is 1. The van der Waals surface area contributed by atoms with Crippen molar-refractivity contribution in [2.24, 2.45) is 5.92 Å². The fraction of sp³-hybridized carbons (Fsp3) is 0.561. The predicted octanol–water partition coefficient (Wildman–Crippen LogP) is 13.5. The Hall–Kier alpha value is -4.75. The van der Waals surface area contributed by atoms with Gasteiger partial charge in [-0.25, -0.2) is 9.59 Å². The van der Waals surface area contributed by atoms with E-state index in [1.807, 2.05) is 0 Å². The summed E-state index contributed by atoms with van der Waals surface area (Å²) >= 11 is 0. The largest absolute Gasteiger partial charge is 0.497 e. The highest BCUT2D eigenvalue weighted by Crippen LogP contribution is 2.64. The van der Waals surface area contributed by atoms with Crippen molar-refractivity contribution in [3.63, 3.8) is 0 Å². The second kappa shape index (κ2) is 21.7. The molecule has 0 radical (unpaired) electrons. The quantitative estimate of drug-likeness (QED) is 0.0264. The van der Waals surface area contributed by atoms with Crippen molar-refractivity contribution in [3.8, 4) is 11.5 Å². The molecule has 2 aromatic rings. The molecule has 1 N–H and O–H groups in total. The molecule has 0 fully saturated rings. The summed E-state index contributed by atoms with van der Waals surface area (Å²) in [6.45, 7) is 9.22. The van der Waals surface area contributed by atoms with Gasteiger partial charge in [-0.2, -0.15) is 74.6 Å². The highest BCUT2D eigenvalue weighted by molar-refractivity contribution is 6.76. The van der Waals surface area contributed by atoms with E-state index in [-0.39, 0.29) is 12.4 Å². The first-order valence-corrected chi connectivity index (χ1v) is 21.9. The molecule has 0 bridgehead atoms. The molecule has 26 heteroatoms. The second-order valence-electron chi connectivity index (χ2n) is 15.5. The van der Waals surface area contributed by atoms with Gasteiger partial charge in [0, 0.05) is 24.1 Å². The van der Waals surface area contributed by atoms with Crippen LogP contribution in [-0.4, -0.2) is 94.9 Å². The summed E-state index contributed by atoms with van der Waals surface area (Å²) in [7, 11) is -2.59. The number of carbonyl (C=O) groups is 2. The van der Waals surface area contributed by atoms with Crippen LogP contribution < -0.4 is 14.8 Å². The van der Waals surface area contributed by atoms with E-state index in [9.17, 15) is 75.4 Å². The number of carbonyl (C=O) groups excluding carboxylic acids is 2. The zero-order chi connectivity index (χ0) is 51.8. The molecule has 0 heterocycles. The summed E-state index contributed by atoms with van der Waals surface area (Å²) in [6, 6.07) is 10.5. The third-order valence-corrected chi connectivity index (χ3v) is 16.1. The molecule has 0 aromatic heterocycles. The Balaban J connectivity index is 2.30. The molecule has 0 unspecified atom stereocenters. The van der Waals surface area contributed by atoms with E-state index < -0.39 is 117 Å². The van der Waals surface area contributed by atoms with Gasteiger partial charge in [-0.15, -0.1) is 0 Å². The first kappa shape index (κ1) is 58.4. The number of methoxy groups -OCH3 is 1. The van der Waals surface area contributed by atoms with Gasteiger partial charge in [0.2, 0.25) is 0 Å². The lowest BCUT2D eigenvalue weighted by Gasteiger charge is -2.44. The van der Waals surface area contributed by atoms with E-state index in [1.165, 1.54) is 83.4 Å². The minimum absolute atomic E-state index is 0.0813. The summed E-state index contributed by atoms with van der Waals surface area (Å²) in [6.07, 6.45) is -8.54. The zero-order valence-corrected chi connectivity index (χ0v) is 37.2. The summed E-state index contributed by atoms with van der Waals surface area (Å²) in [5.74, 6) is -57.7. The molecule has 8 nitrogen and oxygen atoms in total. The van der Waals surface area contributed by atoms with Crippen molar-refractivity contribution in [2.45, 2.75) is 112 Å². The molecule has 0 saturated carbocycles. The van der Waals surface area contributed by atoms with Crippen molar-refractivity contribution in [2.75, 3.05) is 32.2 Å². The van der Waals surface area contributed by atoms with E-state index >= 15 is 8.78 Å². The number of amides is 1. The summed E-state index contributed by atoms with van der Waals surface area (Å²) in [4.78, 5) is 25.0. The minimum Gasteiger partial charge on any atom is -0.497 e. The van der Waals surface area contributed by atoms with E-state index in [4.69, 9.17) is 23.4 Å². The lowest BCUT2D eigenvalue weighted by atomic mass is 9.88. The van der Waals surface area contributed by atoms with Crippen molar-refractivity contribution in [1.29, 1.82) is 0 Å². The number of ether oxygens (including phenoxy) is 4. The molecule has 380 valence electrons. The van der Waals surface area contributed by atoms with Crippen LogP contribution in [0.15, 0.2) is 73.3 Å². The number of esters is 1. The Kier molecular flexibility index (Phi) is 18.9. The maximum Gasteiger partial charge on any atom is 0.460 e. The van der Waals surface area contributed by atoms with Gasteiger partial charge >= 0.3 is 59.7 Å². The van der Waals surface area contributed by atoms with Crippen molar-refractivity contribution < 1.29 is 108 Å². The molecule has 0 aliphatic rings. The van der Waals surface area contributed by atoms with Crippen LogP contribution in [-0.2, 0) is 18.7 Å². The molecule has 2 rings (SSSR count). The van der Waals surface area contributed by atoms with Crippen LogP contribution in [0.5, 0.6) is 11.5 Å². The van der Waals surface area contributed by atoms with Crippen molar-refractivity contribution in [1.82, 2.24) is 0 Å². The number of nitrogens with one attached hydrogen (secondary N) is 1. The van der Waals surface area contributed by atoms with E-state index in [0.717, 1.165) is 6.08 Å². The van der Waals surface area contributed by atoms with Gasteiger partial charge in [0.15, 0.2) is 8.32 Å². The molecular weight excluding hydrogens is 970 g/mol. The molecule has 0 spiro atoms. The number of anilines is 1. The SMILES string of the molecule is C=CCOC(=O)/C=C/[C@@H](C)[C@@H](OC(=O)Nc1ccc(OC)cc1)c1ccc(OCCO[Si](CCC(F)(F)C(F)(F)C(F)(F)C(F)(F)C(F)(F)C(F)(F)C(F)(F)C(F)(F)F)(C(C)C)C(C)C)cc1. The van der Waals surface area contributed by atoms with Gasteiger partial charge in [-0.1, -0.05) is 65.5 Å². The smallest absolute Gasteiger partial charge is 0.460 e. The van der Waals surface area contributed by atoms with Gasteiger partial charge in [0.25, 0.3) is 0 Å². The second-order valence-corrected chi connectivity index (χ2v) is 20.5. The Labute approximate surface area is 373 Å². The lowest BCUT2D eigenvalue weighted by Crippen LogP contribution is -2.74. The average Bonchev–Trinajstić information content (AvgIpc) is 3.23. The topological polar surface area (TPSA) is 92.3 Å². The maximum atomic E-state index is 15.0. The standard InChI is InChI=1S/C41H46F17NO7Si/c1-8-20-64-31(60)18-9-26(6)32(66-33(61)59-28-12-16-29(62-7)17-13-28)27-10-14-30(15-11-27)63-21-22-65-67(24(2)3,25(4)5)23-19-34(42,43)35(44,45)36(46,47)37(48,49)38(50,51)39(52,53)40(54,55)41(56,57)58/h8-18,24-26,32H,1,19-23H2,2-7H3,(H,59,61)/b18-9+/t26-,32-/m1/s1. The van der Waals surface area contributed by atoms with Gasteiger partial charge in [0.1, 0.15) is 30.8 Å². The third-order valence-electron chi connectivity index (χ3n) is 10.4. The number of alkyl halides is 17. The predicted molar refractivity (Wildman–Crippen MR) is 209 cm³/mol. The Morgan fingerprint density at radius 3 is 1.61 bits per heavy atom. The van der Waals surface area contributed by atoms with Crippen LogP contribution in [0.1, 0.15) is 52.7 Å². The van der Waals surface area contributed by atoms with Gasteiger partial charge in [-0.3, -0.25) is 5.32 Å². The molecule has 2 aromatic carbocycles. The third kappa shape index (κ3) is 12.3. The van der Waals surface area contributed by atoms with Gasteiger partial charge in [-0.05, 0) is 59.1 Å². The van der Waals surface area contributed by atoms with Gasteiger partial charge in [0.05, 0.1) is 13.7 Å². The highest BCUT2D eigenvalue weighted by Gasteiger charge is 2.95. The van der Waals surface area contributed by atoms with E-state index in [0.29, 0.717) is 17.0 Å². The normalized spacial score (nSPS) is 14.8. The van der Waals surface area contributed by atoms with E-state index in [2.05, 4.69) is 11.9 Å². The van der Waals surface area contributed by atoms with Crippen LogP contribution in [0.2, 0.25) is 17.1 Å². The summed E-state index contributed by atoms with van der Waals surface area (Å²) in [5.41, 5.74) is -1.11. The summed E-state index contributed by atoms with van der Waals surface area (Å²) < 4.78 is 263. The van der Waals surface area contributed by atoms with Gasteiger partial charge < -0.3 is 23.4 Å². The molecule has 0 aliphatic heterocycles. The lowest BCUT2D eigenvalue weighted by molar-refractivity contribution is -0.461. The van der Waals surface area contributed by atoms with Crippen molar-refractivity contribution in [3.05, 3.63) is 78.9 Å².